The molecule has 0 amide bonds. The Bertz CT molecular complexity index is 1110. The van der Waals surface area contributed by atoms with Crippen LogP contribution in [0.25, 0.3) is 0 Å². The van der Waals surface area contributed by atoms with Gasteiger partial charge >= 0.3 is 35.8 Å². The van der Waals surface area contributed by atoms with Crippen LogP contribution in [-0.2, 0) is 9.47 Å². The number of hydrogen-bond donors (Lipinski definition) is 2. The lowest BCUT2D eigenvalue weighted by Gasteiger charge is -2.13. The lowest BCUT2D eigenvalue weighted by molar-refractivity contribution is 0.0424. The molecule has 2 N–H and O–H groups in total. The third-order valence-corrected chi connectivity index (χ3v) is 4.20. The van der Waals surface area contributed by atoms with Crippen LogP contribution in [-0.4, -0.2) is 46.0 Å². The van der Waals surface area contributed by atoms with Crippen molar-refractivity contribution in [1.82, 2.24) is 0 Å². The van der Waals surface area contributed by atoms with Crippen LogP contribution in [0.15, 0.2) is 24.3 Å². The predicted molar refractivity (Wildman–Crippen MR) is 86.4 cm³/mol. The summed E-state index contributed by atoms with van der Waals surface area (Å²) < 4.78 is 14.2. The van der Waals surface area contributed by atoms with Crippen molar-refractivity contribution in [2.24, 2.45) is 0 Å². The molecular formula is C18H6O11. The van der Waals surface area contributed by atoms with Gasteiger partial charge in [-0.05, 0) is 24.3 Å². The predicted octanol–water partition coefficient (Wildman–Crippen LogP) is 1.50. The van der Waals surface area contributed by atoms with E-state index >= 15 is 0 Å². The molecular weight excluding hydrogens is 392 g/mol. The largest absolute Gasteiger partial charge is 0.478 e. The molecule has 2 aliphatic rings. The highest BCUT2D eigenvalue weighted by Crippen LogP contribution is 2.37. The second kappa shape index (κ2) is 5.99. The number of hydrogen-bond acceptors (Lipinski definition) is 9. The number of ether oxygens (including phenoxy) is 3. The Morgan fingerprint density at radius 1 is 0.655 bits per heavy atom. The molecule has 4 rings (SSSR count). The fourth-order valence-electron chi connectivity index (χ4n) is 3.02. The number of fused-ring (bicyclic) bond motifs is 2. The molecule has 0 aromatic heterocycles. The van der Waals surface area contributed by atoms with Crippen LogP contribution < -0.4 is 4.74 Å². The van der Waals surface area contributed by atoms with E-state index < -0.39 is 69.6 Å². The van der Waals surface area contributed by atoms with E-state index in [1.54, 1.807) is 0 Å². The second-order valence-electron chi connectivity index (χ2n) is 5.79. The SMILES string of the molecule is O=C1OC(=O)c2c1ccc(Oc1ccc3c(c1C(=O)O)C(=O)OC3=O)c2C(=O)O. The minimum atomic E-state index is -1.64. The number of rotatable bonds is 4. The Morgan fingerprint density at radius 3 is 1.38 bits per heavy atom. The zero-order valence-corrected chi connectivity index (χ0v) is 13.9. The number of cyclic esters (lactones) is 4. The summed E-state index contributed by atoms with van der Waals surface area (Å²) in [5.41, 5.74) is -3.13. The molecule has 2 aliphatic heterocycles. The molecule has 0 fully saturated rings. The van der Waals surface area contributed by atoms with Crippen LogP contribution in [0.2, 0.25) is 0 Å². The van der Waals surface area contributed by atoms with E-state index in [0.29, 0.717) is 0 Å². The summed E-state index contributed by atoms with van der Waals surface area (Å²) in [6.45, 7) is 0. The second-order valence-corrected chi connectivity index (χ2v) is 5.79. The maximum atomic E-state index is 11.9. The minimum Gasteiger partial charge on any atom is -0.478 e. The van der Waals surface area contributed by atoms with E-state index in [2.05, 4.69) is 9.47 Å². The van der Waals surface area contributed by atoms with Gasteiger partial charge in [0.1, 0.15) is 22.6 Å². The van der Waals surface area contributed by atoms with Gasteiger partial charge in [-0.1, -0.05) is 0 Å². The van der Waals surface area contributed by atoms with Gasteiger partial charge in [-0.15, -0.1) is 0 Å². The normalized spacial score (nSPS) is 14.2. The van der Waals surface area contributed by atoms with Crippen LogP contribution in [0, 0.1) is 0 Å². The average molecular weight is 398 g/mol. The Balaban J connectivity index is 1.91. The molecule has 0 saturated heterocycles. The van der Waals surface area contributed by atoms with E-state index in [1.807, 2.05) is 0 Å². The number of carboxylic acids is 2. The maximum Gasteiger partial charge on any atom is 0.347 e. The molecule has 2 aromatic rings. The summed E-state index contributed by atoms with van der Waals surface area (Å²) in [4.78, 5) is 70.3. The first-order valence-corrected chi connectivity index (χ1v) is 7.72. The molecule has 2 aromatic carbocycles. The molecule has 144 valence electrons. The summed E-state index contributed by atoms with van der Waals surface area (Å²) >= 11 is 0. The van der Waals surface area contributed by atoms with Crippen molar-refractivity contribution in [2.45, 2.75) is 0 Å². The van der Waals surface area contributed by atoms with Gasteiger partial charge in [0.2, 0.25) is 0 Å². The third kappa shape index (κ3) is 2.52. The number of aromatic carboxylic acids is 2. The highest BCUT2D eigenvalue weighted by molar-refractivity contribution is 6.20. The minimum absolute atomic E-state index is 0.290. The fraction of sp³-hybridized carbons (Fsp3) is 0. The van der Waals surface area contributed by atoms with Crippen molar-refractivity contribution in [1.29, 1.82) is 0 Å². The first-order valence-electron chi connectivity index (χ1n) is 7.72. The van der Waals surface area contributed by atoms with Crippen molar-refractivity contribution >= 4 is 35.8 Å². The summed E-state index contributed by atoms with van der Waals surface area (Å²) in [6, 6.07) is 4.22. The number of esters is 4. The Kier molecular flexibility index (Phi) is 3.69. The highest BCUT2D eigenvalue weighted by atomic mass is 16.6. The van der Waals surface area contributed by atoms with Gasteiger partial charge in [-0.3, -0.25) is 0 Å². The molecule has 0 bridgehead atoms. The highest BCUT2D eigenvalue weighted by Gasteiger charge is 2.39. The maximum absolute atomic E-state index is 11.9. The van der Waals surface area contributed by atoms with E-state index in [9.17, 15) is 39.0 Å². The van der Waals surface area contributed by atoms with E-state index in [0.717, 1.165) is 24.3 Å². The Hall–Kier alpha value is -4.54. The van der Waals surface area contributed by atoms with Gasteiger partial charge in [-0.25, -0.2) is 28.8 Å². The summed E-state index contributed by atoms with van der Waals surface area (Å²) in [6.07, 6.45) is 0. The van der Waals surface area contributed by atoms with Crippen LogP contribution in [0.4, 0.5) is 0 Å². The molecule has 0 radical (unpaired) electrons. The van der Waals surface area contributed by atoms with Crippen molar-refractivity contribution in [3.63, 3.8) is 0 Å². The van der Waals surface area contributed by atoms with Crippen molar-refractivity contribution in [3.05, 3.63) is 57.6 Å². The van der Waals surface area contributed by atoms with Gasteiger partial charge < -0.3 is 24.4 Å². The molecule has 0 atom stereocenters. The summed E-state index contributed by atoms with van der Waals surface area (Å²) in [7, 11) is 0. The zero-order chi connectivity index (χ0) is 21.0. The van der Waals surface area contributed by atoms with Gasteiger partial charge in [0.25, 0.3) is 0 Å². The summed E-state index contributed by atoms with van der Waals surface area (Å²) in [5, 5.41) is 19.0. The lowest BCUT2D eigenvalue weighted by atomic mass is 10.0. The monoisotopic (exact) mass is 398 g/mol. The lowest BCUT2D eigenvalue weighted by Crippen LogP contribution is -2.11. The van der Waals surface area contributed by atoms with Crippen LogP contribution in [0.5, 0.6) is 11.5 Å². The standard InChI is InChI=1S/C18H6O11/c19-13(20)11-7(3-1-5-9(11)17(25)28-15(5)23)27-8-4-2-6-10(12(8)14(21)22)18(26)29-16(6)24/h1-4H,(H,19,20)(H,21,22). The first kappa shape index (κ1) is 17.9. The smallest absolute Gasteiger partial charge is 0.347 e. The number of carboxylic acid groups (broad SMARTS) is 2. The molecule has 0 aliphatic carbocycles. The van der Waals surface area contributed by atoms with Crippen molar-refractivity contribution < 1.29 is 53.2 Å². The van der Waals surface area contributed by atoms with Gasteiger partial charge in [0.15, 0.2) is 0 Å². The molecule has 2 heterocycles. The third-order valence-electron chi connectivity index (χ3n) is 4.20. The van der Waals surface area contributed by atoms with Crippen LogP contribution >= 0.6 is 0 Å². The van der Waals surface area contributed by atoms with Gasteiger partial charge in [-0.2, -0.15) is 0 Å². The van der Waals surface area contributed by atoms with Gasteiger partial charge in [0.05, 0.1) is 22.3 Å². The molecule has 11 heteroatoms. The average Bonchev–Trinajstić information content (AvgIpc) is 3.10. The van der Waals surface area contributed by atoms with Crippen LogP contribution in [0.1, 0.15) is 62.1 Å². The van der Waals surface area contributed by atoms with Crippen LogP contribution in [0.3, 0.4) is 0 Å². The first-order chi connectivity index (χ1) is 13.7. The number of carbonyl (C=O) groups excluding carboxylic acids is 4. The summed E-state index contributed by atoms with van der Waals surface area (Å²) in [5.74, 6) is -8.73. The number of carbonyl (C=O) groups is 6. The van der Waals surface area contributed by atoms with E-state index in [1.165, 1.54) is 0 Å². The Labute approximate surface area is 159 Å². The molecule has 0 spiro atoms. The van der Waals surface area contributed by atoms with Crippen molar-refractivity contribution in [3.8, 4) is 11.5 Å². The zero-order valence-electron chi connectivity index (χ0n) is 13.9. The quantitative estimate of drug-likeness (QED) is 0.565. The topological polar surface area (TPSA) is 171 Å². The van der Waals surface area contributed by atoms with Crippen molar-refractivity contribution in [2.75, 3.05) is 0 Å². The molecule has 11 nitrogen and oxygen atoms in total. The van der Waals surface area contributed by atoms with E-state index in [4.69, 9.17) is 4.74 Å². The number of benzene rings is 2. The molecule has 0 saturated carbocycles. The molecule has 0 unspecified atom stereocenters. The Morgan fingerprint density at radius 2 is 1.03 bits per heavy atom. The van der Waals surface area contributed by atoms with Gasteiger partial charge in [0, 0.05) is 0 Å². The van der Waals surface area contributed by atoms with E-state index in [-0.39, 0.29) is 11.1 Å². The fourth-order valence-corrected chi connectivity index (χ4v) is 3.02. The molecule has 29 heavy (non-hydrogen) atoms.